The smallest absolute Gasteiger partial charge is 0.416 e. The number of benzene rings is 1. The molecule has 0 aliphatic heterocycles. The van der Waals surface area contributed by atoms with E-state index in [4.69, 9.17) is 21.1 Å². The number of carbonyl (C=O) groups excluding carboxylic acids is 1. The summed E-state index contributed by atoms with van der Waals surface area (Å²) in [4.78, 5) is 23.4. The van der Waals surface area contributed by atoms with Crippen molar-refractivity contribution in [2.75, 3.05) is 6.54 Å². The van der Waals surface area contributed by atoms with Crippen molar-refractivity contribution in [3.8, 4) is 0 Å². The number of carboxylic acid groups (broad SMARTS) is 1. The molecule has 0 spiro atoms. The van der Waals surface area contributed by atoms with Gasteiger partial charge < -0.3 is 14.8 Å². The highest BCUT2D eigenvalue weighted by Crippen LogP contribution is 2.38. The number of ketones is 1. The molecule has 2 N–H and O–H groups in total. The van der Waals surface area contributed by atoms with Gasteiger partial charge in [-0.05, 0) is 36.7 Å². The van der Waals surface area contributed by atoms with Crippen LogP contribution >= 0.6 is 11.6 Å². The average molecular weight is 472 g/mol. The van der Waals surface area contributed by atoms with Crippen LogP contribution in [-0.4, -0.2) is 37.9 Å². The quantitative estimate of drug-likeness (QED) is 0.272. The highest BCUT2D eigenvalue weighted by molar-refractivity contribution is 6.74. The predicted molar refractivity (Wildman–Crippen MR) is 108 cm³/mol. The Hall–Kier alpha value is -1.65. The van der Waals surface area contributed by atoms with Crippen LogP contribution in [0.3, 0.4) is 0 Å². The summed E-state index contributed by atoms with van der Waals surface area (Å²) in [6.07, 6.45) is -7.03. The molecule has 0 radical (unpaired) electrons. The molecule has 0 saturated heterocycles. The van der Waals surface area contributed by atoms with Gasteiger partial charge in [0.2, 0.25) is 0 Å². The number of nitrogens with one attached hydrogen (secondary N) is 1. The highest BCUT2D eigenvalue weighted by Gasteiger charge is 2.40. The molecule has 1 aromatic rings. The lowest BCUT2D eigenvalue weighted by Crippen LogP contribution is -2.45. The van der Waals surface area contributed by atoms with Crippen LogP contribution in [0.2, 0.25) is 23.2 Å². The SMILES string of the molecule is CC(C)(C)[Si](C)(C)O[C@@H](CCNC(=O)O)CC(=O)c1c(F)cc(C(F)(F)F)cc1Cl. The van der Waals surface area contributed by atoms with Gasteiger partial charge in [-0.2, -0.15) is 13.2 Å². The fourth-order valence-corrected chi connectivity index (χ4v) is 4.15. The minimum atomic E-state index is -4.80. The van der Waals surface area contributed by atoms with E-state index in [1.54, 1.807) is 0 Å². The molecule has 0 heterocycles. The van der Waals surface area contributed by atoms with Crippen molar-refractivity contribution in [2.24, 2.45) is 0 Å². The number of rotatable bonds is 8. The zero-order valence-electron chi connectivity index (χ0n) is 17.4. The number of hydrogen-bond acceptors (Lipinski definition) is 3. The Morgan fingerprint density at radius 1 is 1.23 bits per heavy atom. The maximum Gasteiger partial charge on any atom is 0.416 e. The molecule has 0 aliphatic rings. The first-order valence-corrected chi connectivity index (χ1v) is 12.5. The van der Waals surface area contributed by atoms with E-state index in [9.17, 15) is 27.2 Å². The third kappa shape index (κ3) is 7.24. The monoisotopic (exact) mass is 471 g/mol. The molecule has 5 nitrogen and oxygen atoms in total. The fraction of sp³-hybridized carbons (Fsp3) is 0.579. The molecule has 0 fully saturated rings. The van der Waals surface area contributed by atoms with Gasteiger partial charge >= 0.3 is 12.3 Å². The van der Waals surface area contributed by atoms with E-state index in [1.165, 1.54) is 0 Å². The van der Waals surface area contributed by atoms with E-state index in [0.29, 0.717) is 6.07 Å². The van der Waals surface area contributed by atoms with E-state index in [-0.39, 0.29) is 30.5 Å². The number of halogens is 5. The van der Waals surface area contributed by atoms with Gasteiger partial charge in [0.15, 0.2) is 14.1 Å². The molecule has 1 amide bonds. The summed E-state index contributed by atoms with van der Waals surface area (Å²) in [6.45, 7) is 9.77. The van der Waals surface area contributed by atoms with Crippen LogP contribution in [0.25, 0.3) is 0 Å². The second-order valence-corrected chi connectivity index (χ2v) is 13.6. The molecular weight excluding hydrogens is 446 g/mol. The molecule has 0 aromatic heterocycles. The molecule has 30 heavy (non-hydrogen) atoms. The summed E-state index contributed by atoms with van der Waals surface area (Å²) in [7, 11) is -2.38. The lowest BCUT2D eigenvalue weighted by atomic mass is 10.0. The normalized spacial score (nSPS) is 13.8. The minimum Gasteiger partial charge on any atom is -0.465 e. The van der Waals surface area contributed by atoms with Gasteiger partial charge in [0.05, 0.1) is 22.3 Å². The number of Topliss-reactive ketones (excluding diaryl/α,β-unsaturated/α-hetero) is 1. The second-order valence-electron chi connectivity index (χ2n) is 8.46. The zero-order valence-corrected chi connectivity index (χ0v) is 19.2. The predicted octanol–water partition coefficient (Wildman–Crippen LogP) is 6.12. The third-order valence-electron chi connectivity index (χ3n) is 5.07. The van der Waals surface area contributed by atoms with E-state index < -0.39 is 54.4 Å². The van der Waals surface area contributed by atoms with Gasteiger partial charge in [0.25, 0.3) is 0 Å². The molecule has 1 aromatic carbocycles. The Kier molecular flexibility index (Phi) is 8.49. The van der Waals surface area contributed by atoms with Crippen molar-refractivity contribution < 1.29 is 36.7 Å². The summed E-state index contributed by atoms with van der Waals surface area (Å²) >= 11 is 5.79. The zero-order chi connectivity index (χ0) is 23.5. The summed E-state index contributed by atoms with van der Waals surface area (Å²) in [5.41, 5.74) is -1.93. The van der Waals surface area contributed by atoms with Crippen LogP contribution in [0, 0.1) is 5.82 Å². The van der Waals surface area contributed by atoms with Crippen LogP contribution < -0.4 is 5.32 Å². The Morgan fingerprint density at radius 3 is 2.23 bits per heavy atom. The van der Waals surface area contributed by atoms with Gasteiger partial charge in [-0.25, -0.2) is 9.18 Å². The van der Waals surface area contributed by atoms with Crippen LogP contribution in [0.5, 0.6) is 0 Å². The molecular formula is C19H26ClF4NO4Si. The van der Waals surface area contributed by atoms with Crippen molar-refractivity contribution in [3.63, 3.8) is 0 Å². The van der Waals surface area contributed by atoms with E-state index in [1.807, 2.05) is 33.9 Å². The van der Waals surface area contributed by atoms with Crippen LogP contribution in [0.1, 0.15) is 49.5 Å². The first-order valence-electron chi connectivity index (χ1n) is 9.19. The van der Waals surface area contributed by atoms with Crippen molar-refractivity contribution in [1.29, 1.82) is 0 Å². The lowest BCUT2D eigenvalue weighted by Gasteiger charge is -2.39. The standard InChI is InChI=1S/C19H26ClF4NO4Si/c1-18(2,3)30(4,5)29-12(6-7-25-17(27)28)10-15(26)16-13(20)8-11(9-14(16)21)19(22,23)24/h8-9,12,25H,6-7,10H2,1-5H3,(H,27,28)/t12-/m0/s1. The maximum atomic E-state index is 14.3. The van der Waals surface area contributed by atoms with Crippen LogP contribution in [-0.2, 0) is 10.6 Å². The number of hydrogen-bond donors (Lipinski definition) is 2. The Balaban J connectivity index is 3.13. The van der Waals surface area contributed by atoms with Gasteiger partial charge in [-0.15, -0.1) is 0 Å². The second kappa shape index (κ2) is 9.65. The first-order chi connectivity index (χ1) is 13.5. The minimum absolute atomic E-state index is 0.00880. The van der Waals surface area contributed by atoms with Gasteiger partial charge in [0.1, 0.15) is 5.82 Å². The largest absolute Gasteiger partial charge is 0.465 e. The Morgan fingerprint density at radius 2 is 1.80 bits per heavy atom. The van der Waals surface area contributed by atoms with Crippen molar-refractivity contribution in [1.82, 2.24) is 5.32 Å². The van der Waals surface area contributed by atoms with Crippen LogP contribution in [0.4, 0.5) is 22.4 Å². The van der Waals surface area contributed by atoms with Crippen molar-refractivity contribution >= 4 is 31.8 Å². The molecule has 0 unspecified atom stereocenters. The summed E-state index contributed by atoms with van der Waals surface area (Å²) < 4.78 is 58.9. The highest BCUT2D eigenvalue weighted by atomic mass is 35.5. The van der Waals surface area contributed by atoms with E-state index in [0.717, 1.165) is 0 Å². The Labute approximate surface area is 178 Å². The van der Waals surface area contributed by atoms with E-state index >= 15 is 0 Å². The summed E-state index contributed by atoms with van der Waals surface area (Å²) in [5, 5.41) is 10.1. The number of amides is 1. The molecule has 0 bridgehead atoms. The van der Waals surface area contributed by atoms with Gasteiger partial charge in [-0.1, -0.05) is 32.4 Å². The maximum absolute atomic E-state index is 14.3. The molecule has 0 aliphatic carbocycles. The molecule has 1 rings (SSSR count). The molecule has 11 heteroatoms. The fourth-order valence-electron chi connectivity index (χ4n) is 2.45. The topological polar surface area (TPSA) is 75.6 Å². The van der Waals surface area contributed by atoms with Gasteiger partial charge in [-0.3, -0.25) is 4.79 Å². The van der Waals surface area contributed by atoms with E-state index in [2.05, 4.69) is 5.32 Å². The molecule has 170 valence electrons. The third-order valence-corrected chi connectivity index (χ3v) is 9.90. The average Bonchev–Trinajstić information content (AvgIpc) is 2.51. The molecule has 0 saturated carbocycles. The Bertz CT molecular complexity index is 771. The van der Waals surface area contributed by atoms with Crippen LogP contribution in [0.15, 0.2) is 12.1 Å². The molecule has 1 atom stereocenters. The first kappa shape index (κ1) is 26.4. The lowest BCUT2D eigenvalue weighted by molar-refractivity contribution is -0.137. The number of carbonyl (C=O) groups is 2. The summed E-state index contributed by atoms with van der Waals surface area (Å²) in [6, 6.07) is 0.738. The summed E-state index contributed by atoms with van der Waals surface area (Å²) in [5.74, 6) is -2.18. The van der Waals surface area contributed by atoms with Gasteiger partial charge in [0, 0.05) is 13.0 Å². The number of alkyl halides is 3. The van der Waals surface area contributed by atoms with Crippen molar-refractivity contribution in [2.45, 2.75) is 64.0 Å². The van der Waals surface area contributed by atoms with Crippen molar-refractivity contribution in [3.05, 3.63) is 34.1 Å².